The van der Waals surface area contributed by atoms with Crippen molar-refractivity contribution >= 4 is 13.2 Å². The molecule has 1 fully saturated rings. The zero-order chi connectivity index (χ0) is 11.5. The second-order valence-electron chi connectivity index (χ2n) is 3.57. The van der Waals surface area contributed by atoms with E-state index in [1.807, 2.05) is 0 Å². The Balaban J connectivity index is 2.04. The Morgan fingerprint density at radius 3 is 2.94 bits per heavy atom. The average molecular weight is 222 g/mol. The number of nitrogens with zero attached hydrogens (tertiary/aromatic N) is 1. The molecular weight excluding hydrogens is 211 g/mol. The maximum atomic E-state index is 11.6. The molecule has 84 valence electrons. The van der Waals surface area contributed by atoms with Crippen LogP contribution in [-0.4, -0.2) is 34.3 Å². The third kappa shape index (κ3) is 2.95. The summed E-state index contributed by atoms with van der Waals surface area (Å²) in [4.78, 5) is 15.5. The SMILES string of the molecule is O=C(NC1CC1)c1cc(OB(O)O)ccn1. The van der Waals surface area contributed by atoms with Gasteiger partial charge >= 0.3 is 7.32 Å². The van der Waals surface area contributed by atoms with E-state index < -0.39 is 7.32 Å². The van der Waals surface area contributed by atoms with Crippen molar-refractivity contribution in [3.63, 3.8) is 0 Å². The van der Waals surface area contributed by atoms with Crippen molar-refractivity contribution in [3.8, 4) is 5.75 Å². The number of hydrogen-bond donors (Lipinski definition) is 3. The molecule has 1 saturated carbocycles. The van der Waals surface area contributed by atoms with Crippen molar-refractivity contribution in [1.29, 1.82) is 0 Å². The van der Waals surface area contributed by atoms with Crippen LogP contribution in [0, 0.1) is 0 Å². The predicted octanol–water partition coefficient (Wildman–Crippen LogP) is -0.678. The van der Waals surface area contributed by atoms with E-state index in [2.05, 4.69) is 15.0 Å². The van der Waals surface area contributed by atoms with E-state index in [1.54, 1.807) is 0 Å². The molecule has 0 unspecified atom stereocenters. The second kappa shape index (κ2) is 4.50. The van der Waals surface area contributed by atoms with Gasteiger partial charge in [0.15, 0.2) is 0 Å². The topological polar surface area (TPSA) is 91.7 Å². The van der Waals surface area contributed by atoms with E-state index in [9.17, 15) is 4.79 Å². The molecule has 7 heteroatoms. The molecule has 1 aromatic heterocycles. The number of rotatable bonds is 4. The Hall–Kier alpha value is -1.60. The summed E-state index contributed by atoms with van der Waals surface area (Å²) >= 11 is 0. The van der Waals surface area contributed by atoms with E-state index in [1.165, 1.54) is 18.3 Å². The zero-order valence-electron chi connectivity index (χ0n) is 8.46. The molecular formula is C9H11BN2O4. The lowest BCUT2D eigenvalue weighted by atomic mass is 10.2. The molecule has 6 nitrogen and oxygen atoms in total. The Labute approximate surface area is 92.4 Å². The van der Waals surface area contributed by atoms with Crippen LogP contribution >= 0.6 is 0 Å². The van der Waals surface area contributed by atoms with Crippen LogP contribution in [-0.2, 0) is 0 Å². The van der Waals surface area contributed by atoms with Gasteiger partial charge in [-0.1, -0.05) is 0 Å². The summed E-state index contributed by atoms with van der Waals surface area (Å²) in [5.74, 6) is -0.0914. The van der Waals surface area contributed by atoms with E-state index in [0.29, 0.717) is 0 Å². The molecule has 1 aliphatic carbocycles. The Bertz CT molecular complexity index is 395. The predicted molar refractivity (Wildman–Crippen MR) is 55.5 cm³/mol. The molecule has 1 amide bonds. The lowest BCUT2D eigenvalue weighted by Crippen LogP contribution is -2.26. The van der Waals surface area contributed by atoms with Gasteiger partial charge in [0, 0.05) is 18.3 Å². The van der Waals surface area contributed by atoms with E-state index in [0.717, 1.165) is 12.8 Å². The lowest BCUT2D eigenvalue weighted by molar-refractivity contribution is 0.0945. The van der Waals surface area contributed by atoms with Gasteiger partial charge in [-0.25, -0.2) is 0 Å². The van der Waals surface area contributed by atoms with Gasteiger partial charge in [0.1, 0.15) is 11.4 Å². The van der Waals surface area contributed by atoms with Crippen LogP contribution in [0.3, 0.4) is 0 Å². The minimum atomic E-state index is -1.90. The largest absolute Gasteiger partial charge is 0.707 e. The number of nitrogens with one attached hydrogen (secondary N) is 1. The summed E-state index contributed by atoms with van der Waals surface area (Å²) in [5, 5.41) is 20.0. The molecule has 1 heterocycles. The summed E-state index contributed by atoms with van der Waals surface area (Å²) in [5.41, 5.74) is 0.199. The van der Waals surface area contributed by atoms with Crippen LogP contribution in [0.15, 0.2) is 18.3 Å². The average Bonchev–Trinajstić information content (AvgIpc) is 3.01. The van der Waals surface area contributed by atoms with Crippen LogP contribution < -0.4 is 9.97 Å². The maximum absolute atomic E-state index is 11.6. The monoisotopic (exact) mass is 222 g/mol. The van der Waals surface area contributed by atoms with Crippen LogP contribution in [0.4, 0.5) is 0 Å². The molecule has 1 aromatic rings. The van der Waals surface area contributed by atoms with E-state index in [4.69, 9.17) is 10.0 Å². The lowest BCUT2D eigenvalue weighted by Gasteiger charge is -2.06. The van der Waals surface area contributed by atoms with Crippen molar-refractivity contribution < 1.29 is 19.5 Å². The molecule has 2 rings (SSSR count). The van der Waals surface area contributed by atoms with Gasteiger partial charge in [-0.05, 0) is 18.9 Å². The molecule has 0 spiro atoms. The highest BCUT2D eigenvalue weighted by Gasteiger charge is 2.24. The number of hydrogen-bond acceptors (Lipinski definition) is 5. The highest BCUT2D eigenvalue weighted by Crippen LogP contribution is 2.19. The number of carbonyl (C=O) groups excluding carboxylic acids is 1. The fourth-order valence-corrected chi connectivity index (χ4v) is 1.22. The van der Waals surface area contributed by atoms with Crippen molar-refractivity contribution in [2.24, 2.45) is 0 Å². The van der Waals surface area contributed by atoms with E-state index >= 15 is 0 Å². The van der Waals surface area contributed by atoms with Gasteiger partial charge in [0.2, 0.25) is 0 Å². The minimum Gasteiger partial charge on any atom is -0.512 e. The smallest absolute Gasteiger partial charge is 0.512 e. The quantitative estimate of drug-likeness (QED) is 0.587. The highest BCUT2D eigenvalue weighted by molar-refractivity contribution is 6.33. The summed E-state index contributed by atoms with van der Waals surface area (Å²) in [7, 11) is -1.90. The summed E-state index contributed by atoms with van der Waals surface area (Å²) in [6.45, 7) is 0. The molecule has 0 aromatic carbocycles. The van der Waals surface area contributed by atoms with Crippen molar-refractivity contribution in [1.82, 2.24) is 10.3 Å². The Kier molecular flexibility index (Phi) is 3.07. The fourth-order valence-electron chi connectivity index (χ4n) is 1.22. The third-order valence-electron chi connectivity index (χ3n) is 2.12. The van der Waals surface area contributed by atoms with Gasteiger partial charge in [0.25, 0.3) is 5.91 Å². The van der Waals surface area contributed by atoms with Gasteiger partial charge in [0.05, 0.1) is 0 Å². The van der Waals surface area contributed by atoms with Crippen LogP contribution in [0.25, 0.3) is 0 Å². The summed E-state index contributed by atoms with van der Waals surface area (Å²) in [6, 6.07) is 3.05. The first-order valence-corrected chi connectivity index (χ1v) is 4.95. The fraction of sp³-hybridized carbons (Fsp3) is 0.333. The molecule has 1 aliphatic rings. The number of amides is 1. The van der Waals surface area contributed by atoms with Crippen LogP contribution in [0.1, 0.15) is 23.3 Å². The number of aromatic nitrogens is 1. The van der Waals surface area contributed by atoms with Crippen molar-refractivity contribution in [2.45, 2.75) is 18.9 Å². The molecule has 0 bridgehead atoms. The zero-order valence-corrected chi connectivity index (χ0v) is 8.46. The Morgan fingerprint density at radius 1 is 1.56 bits per heavy atom. The van der Waals surface area contributed by atoms with Gasteiger partial charge in [-0.2, -0.15) is 0 Å². The van der Waals surface area contributed by atoms with Crippen LogP contribution in [0.5, 0.6) is 5.75 Å². The normalized spacial score (nSPS) is 14.4. The molecule has 0 atom stereocenters. The number of carbonyl (C=O) groups is 1. The van der Waals surface area contributed by atoms with Gasteiger partial charge in [-0.3, -0.25) is 9.78 Å². The number of pyridine rings is 1. The molecule has 3 N–H and O–H groups in total. The summed E-state index contributed by atoms with van der Waals surface area (Å²) in [6.07, 6.45) is 3.37. The molecule has 0 aliphatic heterocycles. The maximum Gasteiger partial charge on any atom is 0.707 e. The Morgan fingerprint density at radius 2 is 2.31 bits per heavy atom. The second-order valence-corrected chi connectivity index (χ2v) is 3.57. The van der Waals surface area contributed by atoms with Gasteiger partial charge < -0.3 is 20.0 Å². The first-order chi connectivity index (χ1) is 7.65. The standard InChI is InChI=1S/C9H11BN2O4/c13-9(12-6-1-2-6)8-5-7(3-4-11-8)16-10(14)15/h3-6,14-15H,1-2H2,(H,12,13). The molecule has 0 saturated heterocycles. The first kappa shape index (κ1) is 10.9. The molecule has 0 radical (unpaired) electrons. The van der Waals surface area contributed by atoms with E-state index in [-0.39, 0.29) is 23.4 Å². The van der Waals surface area contributed by atoms with Gasteiger partial charge in [-0.15, -0.1) is 0 Å². The molecule has 16 heavy (non-hydrogen) atoms. The van der Waals surface area contributed by atoms with Crippen molar-refractivity contribution in [3.05, 3.63) is 24.0 Å². The first-order valence-electron chi connectivity index (χ1n) is 4.95. The third-order valence-corrected chi connectivity index (χ3v) is 2.12. The summed E-state index contributed by atoms with van der Waals surface area (Å²) < 4.78 is 4.62. The van der Waals surface area contributed by atoms with Crippen LogP contribution in [0.2, 0.25) is 0 Å². The van der Waals surface area contributed by atoms with Crippen molar-refractivity contribution in [2.75, 3.05) is 0 Å². The highest BCUT2D eigenvalue weighted by atomic mass is 16.6. The minimum absolute atomic E-state index is 0.186.